The molecule has 0 spiro atoms. The fourth-order valence-corrected chi connectivity index (χ4v) is 1.68. The molecular weight excluding hydrogens is 163 g/mol. The summed E-state index contributed by atoms with van der Waals surface area (Å²) < 4.78 is 0. The maximum Gasteiger partial charge on any atom is 0.324 e. The maximum atomic E-state index is 7.23. The molecule has 1 fully saturated rings. The second-order valence-corrected chi connectivity index (χ2v) is 3.51. The number of hydrogen-bond acceptors (Lipinski definition) is 3. The predicted molar refractivity (Wildman–Crippen MR) is 43.6 cm³/mol. The lowest BCUT2D eigenvalue weighted by atomic mass is 10.1. The molecule has 0 heterocycles. The Bertz CT molecular complexity index is 153. The third-order valence-electron chi connectivity index (χ3n) is 2.16. The van der Waals surface area contributed by atoms with Gasteiger partial charge in [0.05, 0.1) is 0 Å². The van der Waals surface area contributed by atoms with E-state index in [1.807, 2.05) is 0 Å². The van der Waals surface area contributed by atoms with Gasteiger partial charge >= 0.3 is 8.60 Å². The minimum Gasteiger partial charge on any atom is -0.328 e. The van der Waals surface area contributed by atoms with Crippen molar-refractivity contribution >= 4 is 8.60 Å². The largest absolute Gasteiger partial charge is 0.328 e. The van der Waals surface area contributed by atoms with Gasteiger partial charge in [-0.15, -0.1) is 0 Å². The molecule has 11 heavy (non-hydrogen) atoms. The van der Waals surface area contributed by atoms with Crippen molar-refractivity contribution in [2.75, 3.05) is 0 Å². The van der Waals surface area contributed by atoms with Gasteiger partial charge in [-0.05, 0) is 31.6 Å². The highest BCUT2D eigenvalue weighted by Gasteiger charge is 2.22. The average Bonchev–Trinajstić information content (AvgIpc) is 2.45. The van der Waals surface area contributed by atoms with Crippen LogP contribution < -0.4 is 0 Å². The third-order valence-corrected chi connectivity index (χ3v) is 2.16. The van der Waals surface area contributed by atoms with E-state index in [0.717, 1.165) is 5.92 Å². The predicted octanol–water partition coefficient (Wildman–Crippen LogP) is 1.31. The molecule has 3 N–H and O–H groups in total. The monoisotopic (exact) mass is 176 g/mol. The van der Waals surface area contributed by atoms with E-state index in [0.29, 0.717) is 0 Å². The highest BCUT2D eigenvalue weighted by atomic mass is 31.2. The van der Waals surface area contributed by atoms with Crippen LogP contribution in [0.5, 0.6) is 0 Å². The van der Waals surface area contributed by atoms with Crippen molar-refractivity contribution in [3.8, 4) is 0 Å². The summed E-state index contributed by atoms with van der Waals surface area (Å²) in [5.41, 5.74) is 1.74. The van der Waals surface area contributed by atoms with Crippen molar-refractivity contribution < 1.29 is 14.7 Å². The summed E-state index contributed by atoms with van der Waals surface area (Å²) in [6.07, 6.45) is 8.18. The van der Waals surface area contributed by atoms with E-state index in [9.17, 15) is 0 Å². The van der Waals surface area contributed by atoms with Gasteiger partial charge in [0.2, 0.25) is 0 Å². The number of hydrogen-bond donors (Lipinski definition) is 3. The molecule has 0 saturated heterocycles. The van der Waals surface area contributed by atoms with Gasteiger partial charge in [-0.3, -0.25) is 0 Å². The first-order chi connectivity index (χ1) is 5.18. The zero-order chi connectivity index (χ0) is 8.27. The lowest BCUT2D eigenvalue weighted by molar-refractivity contribution is 0.368. The van der Waals surface area contributed by atoms with E-state index in [1.165, 1.54) is 25.7 Å². The maximum absolute atomic E-state index is 7.23. The van der Waals surface area contributed by atoms with Crippen molar-refractivity contribution in [3.05, 3.63) is 11.6 Å². The molecule has 4 heteroatoms. The van der Waals surface area contributed by atoms with Gasteiger partial charge in [0.1, 0.15) is 0 Å². The molecule has 1 saturated carbocycles. The molecule has 64 valence electrons. The summed E-state index contributed by atoms with van der Waals surface area (Å²) in [6, 6.07) is 0. The first kappa shape index (κ1) is 9.14. The van der Waals surface area contributed by atoms with Crippen LogP contribution in [0.4, 0.5) is 0 Å². The Balaban J connectivity index is 0.000000134. The van der Waals surface area contributed by atoms with Crippen molar-refractivity contribution in [2.45, 2.75) is 25.7 Å². The van der Waals surface area contributed by atoms with Crippen LogP contribution in [0.1, 0.15) is 25.7 Å². The van der Waals surface area contributed by atoms with Crippen molar-refractivity contribution in [3.63, 3.8) is 0 Å². The Morgan fingerprint density at radius 2 is 2.00 bits per heavy atom. The molecule has 0 aromatic rings. The fourth-order valence-electron chi connectivity index (χ4n) is 1.68. The molecule has 0 radical (unpaired) electrons. The summed E-state index contributed by atoms with van der Waals surface area (Å²) in [4.78, 5) is 21.7. The normalized spacial score (nSPS) is 26.5. The molecule has 2 bridgehead atoms. The van der Waals surface area contributed by atoms with Gasteiger partial charge in [0.15, 0.2) is 0 Å². The van der Waals surface area contributed by atoms with Crippen LogP contribution in [0.25, 0.3) is 0 Å². The van der Waals surface area contributed by atoms with Crippen LogP contribution >= 0.6 is 8.60 Å². The van der Waals surface area contributed by atoms with Gasteiger partial charge in [-0.2, -0.15) is 0 Å². The lowest BCUT2D eigenvalue weighted by Gasteiger charge is -1.98. The highest BCUT2D eigenvalue weighted by molar-refractivity contribution is 7.38. The molecule has 3 nitrogen and oxygen atoms in total. The SMILES string of the molecule is C1=C2CCC(C1)C2.OP(O)O. The summed E-state index contributed by atoms with van der Waals surface area (Å²) in [5.74, 6) is 1.08. The van der Waals surface area contributed by atoms with E-state index in [1.54, 1.807) is 5.57 Å². The molecule has 2 aliphatic carbocycles. The Morgan fingerprint density at radius 1 is 1.36 bits per heavy atom. The second kappa shape index (κ2) is 4.17. The van der Waals surface area contributed by atoms with Crippen LogP contribution in [-0.2, 0) is 0 Å². The molecule has 1 atom stereocenters. The average molecular weight is 176 g/mol. The topological polar surface area (TPSA) is 60.7 Å². The summed E-state index contributed by atoms with van der Waals surface area (Å²) >= 11 is 0. The van der Waals surface area contributed by atoms with E-state index in [2.05, 4.69) is 6.08 Å². The zero-order valence-corrected chi connectivity index (χ0v) is 7.17. The second-order valence-electron chi connectivity index (χ2n) is 2.98. The van der Waals surface area contributed by atoms with Gasteiger partial charge in [-0.1, -0.05) is 11.6 Å². The van der Waals surface area contributed by atoms with E-state index < -0.39 is 8.60 Å². The molecule has 0 aromatic carbocycles. The van der Waals surface area contributed by atoms with Gasteiger partial charge in [0, 0.05) is 0 Å². The standard InChI is InChI=1S/C7H10.H3O3P/c1-2-7-4-3-6(1)5-7;1-4(2)3/h1,7H,2-5H2;1-3H. The molecule has 2 rings (SSSR count). The Kier molecular flexibility index (Phi) is 3.46. The van der Waals surface area contributed by atoms with E-state index in [4.69, 9.17) is 14.7 Å². The Labute approximate surface area is 67.4 Å². The molecule has 0 aromatic heterocycles. The van der Waals surface area contributed by atoms with Crippen molar-refractivity contribution in [2.24, 2.45) is 5.92 Å². The third kappa shape index (κ3) is 3.30. The minimum atomic E-state index is -2.62. The molecular formula is C7H13O3P. The highest BCUT2D eigenvalue weighted by Crippen LogP contribution is 2.38. The zero-order valence-electron chi connectivity index (χ0n) is 6.27. The van der Waals surface area contributed by atoms with Crippen LogP contribution in [0.3, 0.4) is 0 Å². The Morgan fingerprint density at radius 3 is 2.09 bits per heavy atom. The van der Waals surface area contributed by atoms with Gasteiger partial charge < -0.3 is 14.7 Å². The first-order valence-corrected chi connectivity index (χ1v) is 4.93. The fraction of sp³-hybridized carbons (Fsp3) is 0.714. The number of allylic oxidation sites excluding steroid dienone is 2. The number of rotatable bonds is 0. The lowest BCUT2D eigenvalue weighted by Crippen LogP contribution is -1.85. The van der Waals surface area contributed by atoms with Crippen LogP contribution in [0.15, 0.2) is 11.6 Å². The first-order valence-electron chi connectivity index (χ1n) is 3.73. The molecule has 2 aliphatic rings. The molecule has 0 amide bonds. The van der Waals surface area contributed by atoms with Crippen molar-refractivity contribution in [1.29, 1.82) is 0 Å². The van der Waals surface area contributed by atoms with Crippen LogP contribution in [0, 0.1) is 5.92 Å². The minimum absolute atomic E-state index is 1.08. The summed E-state index contributed by atoms with van der Waals surface area (Å²) in [7, 11) is -2.62. The summed E-state index contributed by atoms with van der Waals surface area (Å²) in [5, 5.41) is 0. The summed E-state index contributed by atoms with van der Waals surface area (Å²) in [6.45, 7) is 0. The van der Waals surface area contributed by atoms with Gasteiger partial charge in [-0.25, -0.2) is 0 Å². The van der Waals surface area contributed by atoms with E-state index in [-0.39, 0.29) is 0 Å². The smallest absolute Gasteiger partial charge is 0.324 e. The molecule has 0 aliphatic heterocycles. The van der Waals surface area contributed by atoms with Crippen LogP contribution in [0.2, 0.25) is 0 Å². The van der Waals surface area contributed by atoms with Crippen LogP contribution in [-0.4, -0.2) is 14.7 Å². The van der Waals surface area contributed by atoms with E-state index >= 15 is 0 Å². The molecule has 1 unspecified atom stereocenters. The number of fused-ring (bicyclic) bond motifs is 2. The van der Waals surface area contributed by atoms with Crippen molar-refractivity contribution in [1.82, 2.24) is 0 Å². The van der Waals surface area contributed by atoms with Gasteiger partial charge in [0.25, 0.3) is 0 Å². The Hall–Kier alpha value is 0.0500. The quantitative estimate of drug-likeness (QED) is 0.385.